The molecule has 0 fully saturated rings. The van der Waals surface area contributed by atoms with E-state index >= 15 is 0 Å². The third-order valence-corrected chi connectivity index (χ3v) is 2.27. The molecule has 0 saturated heterocycles. The third kappa shape index (κ3) is 4.13. The molecule has 0 unspecified atom stereocenters. The van der Waals surface area contributed by atoms with E-state index in [1.54, 1.807) is 24.3 Å². The molecular weight excluding hydrogens is 260 g/mol. The largest absolute Gasteiger partial charge is 0.508 e. The lowest BCUT2D eigenvalue weighted by molar-refractivity contribution is 0.102. The number of nitrogens with one attached hydrogen (secondary N) is 1. The summed E-state index contributed by atoms with van der Waals surface area (Å²) in [5.74, 6) is -0.330. The number of nitrogens with two attached hydrogens (primary N) is 1. The zero-order valence-corrected chi connectivity index (χ0v) is 11.0. The highest BCUT2D eigenvalue weighted by Gasteiger charge is 2.09. The molecule has 0 atom stereocenters. The van der Waals surface area contributed by atoms with Gasteiger partial charge in [0.2, 0.25) is 0 Å². The summed E-state index contributed by atoms with van der Waals surface area (Å²) in [5.41, 5.74) is 0.761. The van der Waals surface area contributed by atoms with Crippen LogP contribution >= 0.6 is 0 Å². The van der Waals surface area contributed by atoms with Crippen LogP contribution in [0.1, 0.15) is 10.4 Å². The average molecular weight is 273 g/mol. The van der Waals surface area contributed by atoms with Crippen molar-refractivity contribution >= 4 is 22.0 Å². The molecule has 3 radical (unpaired) electrons. The number of carbonyl (C=O) groups is 1. The molecule has 0 aliphatic heterocycles. The molecule has 1 amide bonds. The molecule has 0 bridgehead atoms. The number of phenolic OH excluding ortho intramolecular Hbond substituents is 2. The number of carbonyl (C=O) groups excluding carboxylic acids is 1. The van der Waals surface area contributed by atoms with Crippen LogP contribution in [0.5, 0.6) is 11.5 Å². The summed E-state index contributed by atoms with van der Waals surface area (Å²) in [4.78, 5) is 11.8. The first-order valence-corrected chi connectivity index (χ1v) is 5.92. The minimum absolute atomic E-state index is 0.0659. The molecule has 0 aromatic heterocycles. The van der Waals surface area contributed by atoms with Gasteiger partial charge in [0.05, 0.1) is 5.56 Å². The first kappa shape index (κ1) is 14.7. The normalized spacial score (nSPS) is 9.16. The molecule has 0 aliphatic carbocycles. The van der Waals surface area contributed by atoms with Gasteiger partial charge in [0, 0.05) is 5.69 Å². The summed E-state index contributed by atoms with van der Waals surface area (Å²) in [7, 11) is 2.47. The van der Waals surface area contributed by atoms with E-state index in [9.17, 15) is 9.90 Å². The van der Waals surface area contributed by atoms with Crippen molar-refractivity contribution in [2.45, 2.75) is 0 Å². The van der Waals surface area contributed by atoms with Crippen LogP contribution < -0.4 is 10.7 Å². The number of rotatable bonds is 2. The Morgan fingerprint density at radius 1 is 1.00 bits per heavy atom. The first-order valence-electron chi connectivity index (χ1n) is 5.34. The number of amides is 1. The standard InChI is InChI=1S/C13H11NO3.H2NSi/c15-10-7-5-9(6-8-10)14-13(17)11-3-1-2-4-12(11)16;1-2/h1-8,15-16H,(H,14,17);1H2. The van der Waals surface area contributed by atoms with Gasteiger partial charge >= 0.3 is 0 Å². The van der Waals surface area contributed by atoms with E-state index in [4.69, 9.17) is 5.11 Å². The Morgan fingerprint density at radius 3 is 2.16 bits per heavy atom. The van der Waals surface area contributed by atoms with E-state index in [1.807, 2.05) is 0 Å². The zero-order chi connectivity index (χ0) is 14.3. The quantitative estimate of drug-likeness (QED) is 0.491. The predicted molar refractivity (Wildman–Crippen MR) is 74.1 cm³/mol. The van der Waals surface area contributed by atoms with E-state index in [2.05, 4.69) is 21.1 Å². The molecule has 97 valence electrons. The summed E-state index contributed by atoms with van der Waals surface area (Å²) in [6.45, 7) is 0. The second-order valence-corrected chi connectivity index (χ2v) is 3.52. The van der Waals surface area contributed by atoms with Gasteiger partial charge in [0.15, 0.2) is 0 Å². The van der Waals surface area contributed by atoms with Gasteiger partial charge < -0.3 is 20.9 Å². The van der Waals surface area contributed by atoms with Crippen LogP contribution in [-0.2, 0) is 0 Å². The van der Waals surface area contributed by atoms with E-state index < -0.39 is 5.91 Å². The fourth-order valence-corrected chi connectivity index (χ4v) is 1.41. The Kier molecular flexibility index (Phi) is 5.58. The Hall–Kier alpha value is -2.31. The van der Waals surface area contributed by atoms with Crippen molar-refractivity contribution in [3.63, 3.8) is 0 Å². The summed E-state index contributed by atoms with van der Waals surface area (Å²) >= 11 is 0. The van der Waals surface area contributed by atoms with Crippen LogP contribution in [0.3, 0.4) is 0 Å². The maximum absolute atomic E-state index is 11.8. The summed E-state index contributed by atoms with van der Waals surface area (Å²) in [6.07, 6.45) is 0. The molecule has 0 spiro atoms. The molecule has 5 N–H and O–H groups in total. The van der Waals surface area contributed by atoms with Crippen molar-refractivity contribution in [1.82, 2.24) is 0 Å². The SMILES string of the molecule is N[Si].O=C(Nc1ccc(O)cc1)c1ccccc1O. The fraction of sp³-hybridized carbons (Fsp3) is 0. The van der Waals surface area contributed by atoms with Crippen LogP contribution in [0.4, 0.5) is 5.69 Å². The monoisotopic (exact) mass is 273 g/mol. The Morgan fingerprint density at radius 2 is 1.58 bits per heavy atom. The maximum atomic E-state index is 11.8. The van der Waals surface area contributed by atoms with E-state index in [0.29, 0.717) is 5.69 Å². The minimum Gasteiger partial charge on any atom is -0.508 e. The number of hydrogen-bond donors (Lipinski definition) is 4. The number of hydrogen-bond acceptors (Lipinski definition) is 4. The number of benzene rings is 2. The second-order valence-electron chi connectivity index (χ2n) is 3.52. The van der Waals surface area contributed by atoms with Crippen molar-refractivity contribution in [2.24, 2.45) is 5.40 Å². The van der Waals surface area contributed by atoms with E-state index in [-0.39, 0.29) is 17.1 Å². The molecule has 0 saturated carbocycles. The number of aromatic hydroxyl groups is 2. The first-order chi connectivity index (χ1) is 9.16. The van der Waals surface area contributed by atoms with Crippen molar-refractivity contribution in [1.29, 1.82) is 0 Å². The highest BCUT2D eigenvalue weighted by molar-refractivity contribution is 6.06. The lowest BCUT2D eigenvalue weighted by atomic mass is 10.2. The Labute approximate surface area is 114 Å². The van der Waals surface area contributed by atoms with Crippen molar-refractivity contribution in [3.05, 3.63) is 54.1 Å². The van der Waals surface area contributed by atoms with Gasteiger partial charge in [-0.2, -0.15) is 0 Å². The van der Waals surface area contributed by atoms with Gasteiger partial charge in [-0.1, -0.05) is 12.1 Å². The maximum Gasteiger partial charge on any atom is 0.259 e. The van der Waals surface area contributed by atoms with Crippen molar-refractivity contribution < 1.29 is 15.0 Å². The molecule has 2 aromatic rings. The van der Waals surface area contributed by atoms with Crippen LogP contribution in [0.15, 0.2) is 48.5 Å². The molecule has 6 heteroatoms. The lowest BCUT2D eigenvalue weighted by Crippen LogP contribution is -2.11. The summed E-state index contributed by atoms with van der Waals surface area (Å²) in [6, 6.07) is 12.4. The molecule has 2 rings (SSSR count). The van der Waals surface area contributed by atoms with Gasteiger partial charge in [0.1, 0.15) is 21.9 Å². The molecule has 2 aromatic carbocycles. The highest BCUT2D eigenvalue weighted by atomic mass is 28.2. The molecule has 19 heavy (non-hydrogen) atoms. The van der Waals surface area contributed by atoms with Gasteiger partial charge in [-0.15, -0.1) is 0 Å². The Balaban J connectivity index is 0.000000861. The molecular formula is C13H13N2O3Si. The smallest absolute Gasteiger partial charge is 0.259 e. The number of phenols is 2. The second kappa shape index (κ2) is 7.19. The van der Waals surface area contributed by atoms with Gasteiger partial charge in [-0.3, -0.25) is 4.79 Å². The molecule has 0 heterocycles. The fourth-order valence-electron chi connectivity index (χ4n) is 1.41. The summed E-state index contributed by atoms with van der Waals surface area (Å²) < 4.78 is 0. The van der Waals surface area contributed by atoms with Gasteiger partial charge in [-0.05, 0) is 36.4 Å². The number of para-hydroxylation sites is 1. The van der Waals surface area contributed by atoms with E-state index in [0.717, 1.165) is 0 Å². The molecule has 5 nitrogen and oxygen atoms in total. The van der Waals surface area contributed by atoms with Crippen molar-refractivity contribution in [3.8, 4) is 11.5 Å². The number of anilines is 1. The lowest BCUT2D eigenvalue weighted by Gasteiger charge is -2.06. The zero-order valence-electron chi connectivity index (χ0n) is 10.00. The highest BCUT2D eigenvalue weighted by Crippen LogP contribution is 2.19. The molecule has 0 aliphatic rings. The minimum atomic E-state index is -0.395. The predicted octanol–water partition coefficient (Wildman–Crippen LogP) is 1.38. The Bertz CT molecular complexity index is 544. The van der Waals surface area contributed by atoms with Crippen molar-refractivity contribution in [2.75, 3.05) is 5.32 Å². The van der Waals surface area contributed by atoms with Crippen LogP contribution in [0.25, 0.3) is 0 Å². The van der Waals surface area contributed by atoms with Crippen LogP contribution in [0, 0.1) is 0 Å². The van der Waals surface area contributed by atoms with Crippen LogP contribution in [0.2, 0.25) is 0 Å². The van der Waals surface area contributed by atoms with Crippen LogP contribution in [-0.4, -0.2) is 26.5 Å². The van der Waals surface area contributed by atoms with Gasteiger partial charge in [0.25, 0.3) is 5.91 Å². The van der Waals surface area contributed by atoms with Gasteiger partial charge in [-0.25, -0.2) is 0 Å². The van der Waals surface area contributed by atoms with E-state index in [1.165, 1.54) is 24.3 Å². The third-order valence-electron chi connectivity index (χ3n) is 2.27. The topological polar surface area (TPSA) is 95.6 Å². The summed E-state index contributed by atoms with van der Waals surface area (Å²) in [5, 5.41) is 25.5. The average Bonchev–Trinajstić information content (AvgIpc) is 2.44.